The third kappa shape index (κ3) is 5.19. The van der Waals surface area contributed by atoms with Crippen molar-refractivity contribution < 1.29 is 47.8 Å². The number of halogens is 1. The van der Waals surface area contributed by atoms with Gasteiger partial charge in [0.15, 0.2) is 11.5 Å². The molecule has 1 N–H and O–H groups in total. The van der Waals surface area contributed by atoms with Gasteiger partial charge < -0.3 is 42.9 Å². The summed E-state index contributed by atoms with van der Waals surface area (Å²) < 4.78 is 23.7. The highest BCUT2D eigenvalue weighted by Gasteiger charge is 2.40. The van der Waals surface area contributed by atoms with Crippen LogP contribution >= 0.6 is 0 Å². The quantitative estimate of drug-likeness (QED) is 0.493. The first-order valence-electron chi connectivity index (χ1n) is 13.8. The Hall–Kier alpha value is -2.55. The molecule has 0 saturated heterocycles. The number of benzene rings is 2. The average molecular weight is 640 g/mol. The zero-order valence-corrected chi connectivity index (χ0v) is 25.7. The summed E-state index contributed by atoms with van der Waals surface area (Å²) in [6.45, 7) is 10.9. The monoisotopic (exact) mass is 639 g/mol. The Bertz CT molecular complexity index is 1380. The van der Waals surface area contributed by atoms with Crippen LogP contribution in [0.15, 0.2) is 77.2 Å². The number of quaternary nitrogens is 1. The van der Waals surface area contributed by atoms with E-state index in [-0.39, 0.29) is 42.3 Å². The molecule has 39 heavy (non-hydrogen) atoms. The molecule has 2 aromatic carbocycles. The van der Waals surface area contributed by atoms with Crippen LogP contribution < -0.4 is 38.4 Å². The summed E-state index contributed by atoms with van der Waals surface area (Å²) in [6, 6.07) is 13.5. The summed E-state index contributed by atoms with van der Waals surface area (Å²) in [6.07, 6.45) is 9.28. The van der Waals surface area contributed by atoms with E-state index in [0.717, 1.165) is 43.1 Å². The molecule has 0 saturated carbocycles. The van der Waals surface area contributed by atoms with Gasteiger partial charge in [-0.15, -0.1) is 0 Å². The van der Waals surface area contributed by atoms with Gasteiger partial charge >= 0.3 is 0 Å². The van der Waals surface area contributed by atoms with Crippen LogP contribution in [-0.2, 0) is 27.7 Å². The molecule has 2 atom stereocenters. The number of methoxy groups -OCH3 is 1. The van der Waals surface area contributed by atoms with Crippen molar-refractivity contribution in [1.29, 1.82) is 0 Å². The second kappa shape index (κ2) is 11.1. The first-order valence-corrected chi connectivity index (χ1v) is 13.8. The lowest BCUT2D eigenvalue weighted by atomic mass is 9.79. The maximum absolute atomic E-state index is 6.39. The van der Waals surface area contributed by atoms with Crippen LogP contribution in [0.4, 0.5) is 0 Å². The Kier molecular flexibility index (Phi) is 8.00. The predicted octanol–water partition coefficient (Wildman–Crippen LogP) is 2.27. The molecule has 4 aliphatic rings. The van der Waals surface area contributed by atoms with E-state index in [1.54, 1.807) is 7.11 Å². The average Bonchev–Trinajstić information content (AvgIpc) is 3.37. The number of rotatable bonds is 6. The van der Waals surface area contributed by atoms with Gasteiger partial charge in [0.1, 0.15) is 23.8 Å². The van der Waals surface area contributed by atoms with Crippen molar-refractivity contribution in [2.24, 2.45) is 0 Å². The summed E-state index contributed by atoms with van der Waals surface area (Å²) >= 11 is 0. The standard InChI is InChI=1S/C33H37NO4.HI/c1-6-15-36-32-27-19-34-14-13-22-17-29-30(38-20-37-29)18-25(22)31(34)26(24(27)11-12-28(32)35-5)16-21-7-9-23(10-8-21)33(2,3)4;/h7-12,17-19,32H,6,13-16,20H2,1-5H3;1H. The van der Waals surface area contributed by atoms with Crippen molar-refractivity contribution in [2.75, 3.05) is 27.1 Å². The second-order valence-electron chi connectivity index (χ2n) is 11.6. The Morgan fingerprint density at radius 2 is 1.77 bits per heavy atom. The molecule has 1 aliphatic carbocycles. The highest BCUT2D eigenvalue weighted by atomic mass is 127. The summed E-state index contributed by atoms with van der Waals surface area (Å²) in [5, 5.41) is 0. The smallest absolute Gasteiger partial charge is 0.231 e. The highest BCUT2D eigenvalue weighted by Crippen LogP contribution is 2.42. The Morgan fingerprint density at radius 1 is 1.03 bits per heavy atom. The van der Waals surface area contributed by atoms with Gasteiger partial charge in [-0.3, -0.25) is 4.90 Å². The molecular formula is C33H38INO4. The van der Waals surface area contributed by atoms with Crippen molar-refractivity contribution in [3.05, 3.63) is 99.5 Å². The summed E-state index contributed by atoms with van der Waals surface area (Å²) in [4.78, 5) is 1.37. The number of hydrogen-bond acceptors (Lipinski definition) is 4. The summed E-state index contributed by atoms with van der Waals surface area (Å²) in [5.41, 5.74) is 10.5. The second-order valence-corrected chi connectivity index (χ2v) is 11.6. The first kappa shape index (κ1) is 28.0. The molecule has 0 fully saturated rings. The van der Waals surface area contributed by atoms with Crippen molar-refractivity contribution >= 4 is 5.70 Å². The number of nitrogens with one attached hydrogen (secondary N) is 1. The van der Waals surface area contributed by atoms with Gasteiger partial charge in [0.2, 0.25) is 6.79 Å². The number of ether oxygens (including phenoxy) is 4. The predicted molar refractivity (Wildman–Crippen MR) is 149 cm³/mol. The highest BCUT2D eigenvalue weighted by molar-refractivity contribution is 5.77. The van der Waals surface area contributed by atoms with Crippen LogP contribution in [0.1, 0.15) is 56.4 Å². The minimum Gasteiger partial charge on any atom is -1.00 e. The van der Waals surface area contributed by atoms with E-state index in [4.69, 9.17) is 18.9 Å². The Morgan fingerprint density at radius 3 is 2.46 bits per heavy atom. The molecule has 0 radical (unpaired) electrons. The largest absolute Gasteiger partial charge is 1.00 e. The molecular weight excluding hydrogens is 601 g/mol. The SMILES string of the molecule is CCCOC1C(OC)=CC=C2C1=C[NH+]1CCc3cc4c(cc3C1=C2Cc1ccc(C(C)(C)C)cc1)OCO4.[I-]. The third-order valence-corrected chi connectivity index (χ3v) is 8.00. The van der Waals surface area contributed by atoms with Gasteiger partial charge in [-0.25, -0.2) is 0 Å². The van der Waals surface area contributed by atoms with Gasteiger partial charge in [-0.1, -0.05) is 58.0 Å². The molecule has 0 amide bonds. The van der Waals surface area contributed by atoms with E-state index in [0.29, 0.717) is 6.61 Å². The molecule has 0 bridgehead atoms. The minimum absolute atomic E-state index is 0. The number of hydrogen-bond donors (Lipinski definition) is 1. The molecule has 0 spiro atoms. The maximum Gasteiger partial charge on any atom is 0.231 e. The van der Waals surface area contributed by atoms with E-state index >= 15 is 0 Å². The van der Waals surface area contributed by atoms with Crippen molar-refractivity contribution in [2.45, 2.75) is 58.5 Å². The zero-order chi connectivity index (χ0) is 26.4. The molecule has 6 heteroatoms. The van der Waals surface area contributed by atoms with E-state index in [2.05, 4.69) is 82.4 Å². The first-order chi connectivity index (χ1) is 18.4. The molecule has 3 aliphatic heterocycles. The van der Waals surface area contributed by atoms with Crippen molar-refractivity contribution in [3.63, 3.8) is 0 Å². The topological polar surface area (TPSA) is 41.4 Å². The normalized spacial score (nSPS) is 21.1. The lowest BCUT2D eigenvalue weighted by molar-refractivity contribution is -0.771. The Balaban J connectivity index is 0.00000308. The van der Waals surface area contributed by atoms with E-state index in [9.17, 15) is 0 Å². The van der Waals surface area contributed by atoms with Gasteiger partial charge in [0.05, 0.1) is 13.7 Å². The van der Waals surface area contributed by atoms with Crippen LogP contribution in [-0.4, -0.2) is 33.2 Å². The third-order valence-electron chi connectivity index (χ3n) is 8.00. The Labute approximate surface area is 249 Å². The van der Waals surface area contributed by atoms with Crippen LogP contribution in [0.3, 0.4) is 0 Å². The van der Waals surface area contributed by atoms with E-state index in [1.165, 1.54) is 49.6 Å². The summed E-state index contributed by atoms with van der Waals surface area (Å²) in [7, 11) is 1.74. The number of fused-ring (bicyclic) bond motifs is 5. The molecule has 6 rings (SSSR count). The minimum atomic E-state index is -0.189. The van der Waals surface area contributed by atoms with Crippen molar-refractivity contribution in [1.82, 2.24) is 0 Å². The zero-order valence-electron chi connectivity index (χ0n) is 23.5. The lowest BCUT2D eigenvalue weighted by Crippen LogP contribution is -3.06. The molecule has 206 valence electrons. The van der Waals surface area contributed by atoms with Gasteiger partial charge in [-0.05, 0) is 52.3 Å². The molecule has 2 aromatic rings. The maximum atomic E-state index is 6.39. The molecule has 2 unspecified atom stereocenters. The van der Waals surface area contributed by atoms with Crippen molar-refractivity contribution in [3.8, 4) is 11.5 Å². The van der Waals surface area contributed by atoms with Gasteiger partial charge in [0.25, 0.3) is 0 Å². The van der Waals surface area contributed by atoms with E-state index in [1.807, 2.05) is 0 Å². The molecule has 5 nitrogen and oxygen atoms in total. The van der Waals surface area contributed by atoms with Gasteiger partial charge in [-0.2, -0.15) is 0 Å². The van der Waals surface area contributed by atoms with Crippen LogP contribution in [0.2, 0.25) is 0 Å². The van der Waals surface area contributed by atoms with Gasteiger partial charge in [0, 0.05) is 36.2 Å². The van der Waals surface area contributed by atoms with E-state index < -0.39 is 0 Å². The van der Waals surface area contributed by atoms with Crippen LogP contribution in [0, 0.1) is 0 Å². The fraction of sp³-hybridized carbons (Fsp3) is 0.394. The van der Waals surface area contributed by atoms with Crippen LogP contribution in [0.25, 0.3) is 5.70 Å². The summed E-state index contributed by atoms with van der Waals surface area (Å²) in [5.74, 6) is 2.56. The lowest BCUT2D eigenvalue weighted by Gasteiger charge is -2.36. The molecule has 0 aromatic heterocycles. The molecule has 3 heterocycles. The number of allylic oxidation sites excluding steroid dienone is 3. The fourth-order valence-corrected chi connectivity index (χ4v) is 5.98. The van der Waals surface area contributed by atoms with Crippen LogP contribution in [0.5, 0.6) is 11.5 Å². The fourth-order valence-electron chi connectivity index (χ4n) is 5.98.